The van der Waals surface area contributed by atoms with Crippen molar-refractivity contribution in [3.63, 3.8) is 0 Å². The van der Waals surface area contributed by atoms with Gasteiger partial charge in [0.2, 0.25) is 10.0 Å². The van der Waals surface area contributed by atoms with Crippen LogP contribution in [-0.2, 0) is 21.2 Å². The average molecular weight is 243 g/mol. The molecule has 0 atom stereocenters. The molecule has 0 aliphatic heterocycles. The molecule has 16 heavy (non-hydrogen) atoms. The van der Waals surface area contributed by atoms with E-state index in [1.165, 1.54) is 38.4 Å². The molecule has 0 fully saturated rings. The van der Waals surface area contributed by atoms with Crippen molar-refractivity contribution in [1.82, 2.24) is 4.31 Å². The van der Waals surface area contributed by atoms with Gasteiger partial charge in [0.15, 0.2) is 0 Å². The van der Waals surface area contributed by atoms with Gasteiger partial charge in [-0.15, -0.1) is 0 Å². The zero-order valence-electron chi connectivity index (χ0n) is 9.04. The second-order valence-electron chi connectivity index (χ2n) is 3.50. The number of carboxylic acid groups (broad SMARTS) is 1. The normalized spacial score (nSPS) is 11.7. The highest BCUT2D eigenvalue weighted by atomic mass is 32.2. The predicted molar refractivity (Wildman–Crippen MR) is 58.7 cm³/mol. The van der Waals surface area contributed by atoms with Gasteiger partial charge in [0.05, 0.1) is 11.3 Å². The molecule has 1 N–H and O–H groups in total. The maximum Gasteiger partial charge on any atom is 0.307 e. The SMILES string of the molecule is CN(C)S(=O)(=O)c1ccc(CC(=O)O)cc1. The number of hydrogen-bond acceptors (Lipinski definition) is 3. The van der Waals surface area contributed by atoms with Crippen LogP contribution in [0.4, 0.5) is 0 Å². The van der Waals surface area contributed by atoms with Crippen molar-refractivity contribution in [3.05, 3.63) is 29.8 Å². The lowest BCUT2D eigenvalue weighted by Gasteiger charge is -2.11. The Morgan fingerprint density at radius 1 is 1.25 bits per heavy atom. The van der Waals surface area contributed by atoms with Crippen LogP contribution in [0.1, 0.15) is 5.56 Å². The first-order valence-corrected chi connectivity index (χ1v) is 6.01. The van der Waals surface area contributed by atoms with Crippen LogP contribution >= 0.6 is 0 Å². The molecular weight excluding hydrogens is 230 g/mol. The van der Waals surface area contributed by atoms with E-state index in [0.29, 0.717) is 5.56 Å². The number of rotatable bonds is 4. The van der Waals surface area contributed by atoms with Gasteiger partial charge in [-0.3, -0.25) is 4.79 Å². The van der Waals surface area contributed by atoms with E-state index >= 15 is 0 Å². The Hall–Kier alpha value is -1.40. The molecule has 0 radical (unpaired) electrons. The fourth-order valence-electron chi connectivity index (χ4n) is 1.16. The number of carbonyl (C=O) groups is 1. The van der Waals surface area contributed by atoms with Gasteiger partial charge in [0.25, 0.3) is 0 Å². The van der Waals surface area contributed by atoms with Crippen LogP contribution < -0.4 is 0 Å². The van der Waals surface area contributed by atoms with Gasteiger partial charge < -0.3 is 5.11 Å². The highest BCUT2D eigenvalue weighted by Crippen LogP contribution is 2.14. The van der Waals surface area contributed by atoms with Crippen molar-refractivity contribution in [3.8, 4) is 0 Å². The maximum atomic E-state index is 11.7. The molecule has 0 saturated heterocycles. The van der Waals surface area contributed by atoms with Gasteiger partial charge in [0, 0.05) is 14.1 Å². The van der Waals surface area contributed by atoms with Crippen LogP contribution in [0.25, 0.3) is 0 Å². The summed E-state index contributed by atoms with van der Waals surface area (Å²) in [5, 5.41) is 8.56. The van der Waals surface area contributed by atoms with Gasteiger partial charge in [-0.05, 0) is 17.7 Å². The minimum Gasteiger partial charge on any atom is -0.481 e. The molecule has 0 aliphatic carbocycles. The summed E-state index contributed by atoms with van der Waals surface area (Å²) in [4.78, 5) is 10.6. The van der Waals surface area contributed by atoms with Crippen LogP contribution in [0.2, 0.25) is 0 Å². The van der Waals surface area contributed by atoms with Crippen LogP contribution in [0.5, 0.6) is 0 Å². The summed E-state index contributed by atoms with van der Waals surface area (Å²) < 4.78 is 24.5. The van der Waals surface area contributed by atoms with Crippen molar-refractivity contribution in [2.45, 2.75) is 11.3 Å². The first-order valence-electron chi connectivity index (χ1n) is 4.57. The lowest BCUT2D eigenvalue weighted by molar-refractivity contribution is -0.136. The zero-order valence-corrected chi connectivity index (χ0v) is 9.86. The molecule has 6 heteroatoms. The molecule has 0 amide bonds. The summed E-state index contributed by atoms with van der Waals surface area (Å²) in [6.07, 6.45) is -0.109. The summed E-state index contributed by atoms with van der Waals surface area (Å²) in [5.41, 5.74) is 0.574. The van der Waals surface area contributed by atoms with E-state index in [9.17, 15) is 13.2 Å². The number of hydrogen-bond donors (Lipinski definition) is 1. The van der Waals surface area contributed by atoms with Crippen LogP contribution in [0.3, 0.4) is 0 Å². The lowest BCUT2D eigenvalue weighted by Crippen LogP contribution is -2.22. The number of aliphatic carboxylic acids is 1. The zero-order chi connectivity index (χ0) is 12.3. The largest absolute Gasteiger partial charge is 0.481 e. The van der Waals surface area contributed by atoms with Gasteiger partial charge >= 0.3 is 5.97 Å². The van der Waals surface area contributed by atoms with E-state index in [1.54, 1.807) is 0 Å². The molecule has 5 nitrogen and oxygen atoms in total. The van der Waals surface area contributed by atoms with Crippen LogP contribution in [0.15, 0.2) is 29.2 Å². The van der Waals surface area contributed by atoms with E-state index in [1.807, 2.05) is 0 Å². The highest BCUT2D eigenvalue weighted by molar-refractivity contribution is 7.89. The Bertz CT molecular complexity index is 476. The third-order valence-corrected chi connectivity index (χ3v) is 3.89. The second kappa shape index (κ2) is 4.63. The second-order valence-corrected chi connectivity index (χ2v) is 5.65. The molecule has 1 aromatic carbocycles. The fraction of sp³-hybridized carbons (Fsp3) is 0.300. The van der Waals surface area contributed by atoms with E-state index in [2.05, 4.69) is 0 Å². The third kappa shape index (κ3) is 2.80. The van der Waals surface area contributed by atoms with E-state index in [0.717, 1.165) is 4.31 Å². The fourth-order valence-corrected chi connectivity index (χ4v) is 2.07. The summed E-state index contributed by atoms with van der Waals surface area (Å²) in [5.74, 6) is -0.941. The van der Waals surface area contributed by atoms with E-state index < -0.39 is 16.0 Å². The van der Waals surface area contributed by atoms with Gasteiger partial charge in [-0.1, -0.05) is 12.1 Å². The molecule has 0 spiro atoms. The Balaban J connectivity index is 3.00. The average Bonchev–Trinajstić information content (AvgIpc) is 2.17. The molecule has 1 rings (SSSR count). The molecule has 0 heterocycles. The van der Waals surface area contributed by atoms with Crippen molar-refractivity contribution in [1.29, 1.82) is 0 Å². The minimum absolute atomic E-state index is 0.109. The van der Waals surface area contributed by atoms with E-state index in [-0.39, 0.29) is 11.3 Å². The number of nitrogens with zero attached hydrogens (tertiary/aromatic N) is 1. The summed E-state index contributed by atoms with van der Waals surface area (Å²) in [6.45, 7) is 0. The molecule has 0 saturated carbocycles. The molecule has 88 valence electrons. The summed E-state index contributed by atoms with van der Waals surface area (Å²) in [7, 11) is -0.546. The van der Waals surface area contributed by atoms with Gasteiger partial charge in [-0.25, -0.2) is 12.7 Å². The topological polar surface area (TPSA) is 74.7 Å². The van der Waals surface area contributed by atoms with E-state index in [4.69, 9.17) is 5.11 Å². The Kier molecular flexibility index (Phi) is 3.66. The maximum absolute atomic E-state index is 11.7. The summed E-state index contributed by atoms with van der Waals surface area (Å²) in [6, 6.07) is 5.83. The molecule has 1 aromatic rings. The van der Waals surface area contributed by atoms with Gasteiger partial charge in [-0.2, -0.15) is 0 Å². The lowest BCUT2D eigenvalue weighted by atomic mass is 10.2. The predicted octanol–water partition coefficient (Wildman–Crippen LogP) is 0.564. The van der Waals surface area contributed by atoms with Gasteiger partial charge in [0.1, 0.15) is 0 Å². The first kappa shape index (κ1) is 12.7. The monoisotopic (exact) mass is 243 g/mol. The molecule has 0 bridgehead atoms. The molecule has 0 unspecified atom stereocenters. The molecule has 0 aliphatic rings. The Labute approximate surface area is 94.4 Å². The molecular formula is C10H13NO4S. The molecule has 0 aromatic heterocycles. The number of sulfonamides is 1. The van der Waals surface area contributed by atoms with Crippen molar-refractivity contribution >= 4 is 16.0 Å². The van der Waals surface area contributed by atoms with Crippen molar-refractivity contribution < 1.29 is 18.3 Å². The van der Waals surface area contributed by atoms with Crippen molar-refractivity contribution in [2.75, 3.05) is 14.1 Å². The smallest absolute Gasteiger partial charge is 0.307 e. The van der Waals surface area contributed by atoms with Crippen LogP contribution in [0, 0.1) is 0 Å². The quantitative estimate of drug-likeness (QED) is 0.838. The standard InChI is InChI=1S/C10H13NO4S/c1-11(2)16(14,15)9-5-3-8(4-6-9)7-10(12)13/h3-6H,7H2,1-2H3,(H,12,13). The number of carboxylic acids is 1. The Morgan fingerprint density at radius 2 is 1.75 bits per heavy atom. The Morgan fingerprint density at radius 3 is 2.12 bits per heavy atom. The highest BCUT2D eigenvalue weighted by Gasteiger charge is 2.16. The van der Waals surface area contributed by atoms with Crippen molar-refractivity contribution in [2.24, 2.45) is 0 Å². The first-order chi connectivity index (χ1) is 7.34. The summed E-state index contributed by atoms with van der Waals surface area (Å²) >= 11 is 0. The minimum atomic E-state index is -3.44. The van der Waals surface area contributed by atoms with Crippen LogP contribution in [-0.4, -0.2) is 37.9 Å². The number of benzene rings is 1. The third-order valence-electron chi connectivity index (χ3n) is 2.06.